The molecule has 0 saturated heterocycles. The van der Waals surface area contributed by atoms with Crippen LogP contribution in [-0.2, 0) is 4.74 Å². The standard InChI is InChI=1S/C16H20N2O2/c1-6-20-16(19)12-9-17-13-8-10(2)7-11(3)14(13)15(12)18(4)5/h7-9H,6H2,1-5H3. The van der Waals surface area contributed by atoms with Gasteiger partial charge in [0.2, 0.25) is 0 Å². The Bertz CT molecular complexity index is 663. The number of hydrogen-bond donors (Lipinski definition) is 0. The number of esters is 1. The van der Waals surface area contributed by atoms with Crippen LogP contribution in [0.4, 0.5) is 5.69 Å². The molecule has 0 atom stereocenters. The first-order valence-corrected chi connectivity index (χ1v) is 6.70. The van der Waals surface area contributed by atoms with Crippen molar-refractivity contribution in [2.45, 2.75) is 20.8 Å². The van der Waals surface area contributed by atoms with E-state index in [0.29, 0.717) is 12.2 Å². The van der Waals surface area contributed by atoms with Crippen LogP contribution in [0.3, 0.4) is 0 Å². The van der Waals surface area contributed by atoms with Crippen molar-refractivity contribution in [3.05, 3.63) is 35.0 Å². The molecule has 2 rings (SSSR count). The maximum Gasteiger partial charge on any atom is 0.341 e. The summed E-state index contributed by atoms with van der Waals surface area (Å²) < 4.78 is 5.13. The molecule has 4 nitrogen and oxygen atoms in total. The quantitative estimate of drug-likeness (QED) is 0.805. The Morgan fingerprint density at radius 3 is 2.60 bits per heavy atom. The van der Waals surface area contributed by atoms with Gasteiger partial charge in [0.15, 0.2) is 0 Å². The predicted octanol–water partition coefficient (Wildman–Crippen LogP) is 3.09. The van der Waals surface area contributed by atoms with Crippen molar-refractivity contribution in [1.82, 2.24) is 4.98 Å². The van der Waals surface area contributed by atoms with E-state index in [4.69, 9.17) is 4.74 Å². The summed E-state index contributed by atoms with van der Waals surface area (Å²) in [5.74, 6) is -0.328. The van der Waals surface area contributed by atoms with Gasteiger partial charge in [0, 0.05) is 25.7 Å². The number of carbonyl (C=O) groups is 1. The monoisotopic (exact) mass is 272 g/mol. The topological polar surface area (TPSA) is 42.4 Å². The molecule has 0 amide bonds. The lowest BCUT2D eigenvalue weighted by Gasteiger charge is -2.20. The molecule has 2 aromatic rings. The van der Waals surface area contributed by atoms with Crippen LogP contribution in [0, 0.1) is 13.8 Å². The highest BCUT2D eigenvalue weighted by atomic mass is 16.5. The SMILES string of the molecule is CCOC(=O)c1cnc2cc(C)cc(C)c2c1N(C)C. The van der Waals surface area contributed by atoms with E-state index in [-0.39, 0.29) is 5.97 Å². The predicted molar refractivity (Wildman–Crippen MR) is 81.5 cm³/mol. The molecule has 0 bridgehead atoms. The average Bonchev–Trinajstić information content (AvgIpc) is 2.37. The summed E-state index contributed by atoms with van der Waals surface area (Å²) in [6, 6.07) is 4.14. The maximum absolute atomic E-state index is 12.1. The van der Waals surface area contributed by atoms with Crippen molar-refractivity contribution in [2.24, 2.45) is 0 Å². The maximum atomic E-state index is 12.1. The Hall–Kier alpha value is -2.10. The van der Waals surface area contributed by atoms with Crippen molar-refractivity contribution in [3.8, 4) is 0 Å². The number of rotatable bonds is 3. The Kier molecular flexibility index (Phi) is 3.93. The van der Waals surface area contributed by atoms with Crippen LogP contribution in [0.25, 0.3) is 10.9 Å². The molecule has 1 aromatic heterocycles. The van der Waals surface area contributed by atoms with Gasteiger partial charge in [-0.1, -0.05) is 6.07 Å². The highest BCUT2D eigenvalue weighted by Crippen LogP contribution is 2.32. The lowest BCUT2D eigenvalue weighted by atomic mass is 10.0. The number of carbonyl (C=O) groups excluding carboxylic acids is 1. The highest BCUT2D eigenvalue weighted by Gasteiger charge is 2.19. The fraction of sp³-hybridized carbons (Fsp3) is 0.375. The second kappa shape index (κ2) is 5.49. The van der Waals surface area contributed by atoms with Crippen LogP contribution >= 0.6 is 0 Å². The Morgan fingerprint density at radius 1 is 1.30 bits per heavy atom. The van der Waals surface area contributed by atoms with Gasteiger partial charge in [-0.05, 0) is 38.0 Å². The highest BCUT2D eigenvalue weighted by molar-refractivity contribution is 6.06. The zero-order valence-electron chi connectivity index (χ0n) is 12.7. The first kappa shape index (κ1) is 14.3. The van der Waals surface area contributed by atoms with E-state index in [9.17, 15) is 4.79 Å². The Labute approximate surface area is 119 Å². The third-order valence-corrected chi connectivity index (χ3v) is 3.23. The van der Waals surface area contributed by atoms with Crippen molar-refractivity contribution in [3.63, 3.8) is 0 Å². The second-order valence-corrected chi connectivity index (χ2v) is 5.11. The molecule has 0 aliphatic carbocycles. The molecular weight excluding hydrogens is 252 g/mol. The fourth-order valence-corrected chi connectivity index (χ4v) is 2.51. The zero-order valence-corrected chi connectivity index (χ0v) is 12.7. The Morgan fingerprint density at radius 2 is 2.00 bits per heavy atom. The lowest BCUT2D eigenvalue weighted by molar-refractivity contribution is 0.0527. The van der Waals surface area contributed by atoms with Crippen LogP contribution in [0.15, 0.2) is 18.3 Å². The summed E-state index contributed by atoms with van der Waals surface area (Å²) in [7, 11) is 3.85. The summed E-state index contributed by atoms with van der Waals surface area (Å²) in [5, 5.41) is 1.01. The molecular formula is C16H20N2O2. The van der Waals surface area contributed by atoms with E-state index in [2.05, 4.69) is 11.1 Å². The van der Waals surface area contributed by atoms with Gasteiger partial charge in [0.1, 0.15) is 5.56 Å². The van der Waals surface area contributed by atoms with Gasteiger partial charge in [0.05, 0.1) is 17.8 Å². The summed E-state index contributed by atoms with van der Waals surface area (Å²) in [5.41, 5.74) is 4.56. The summed E-state index contributed by atoms with van der Waals surface area (Å²) in [4.78, 5) is 18.5. The molecule has 0 saturated carbocycles. The minimum absolute atomic E-state index is 0.328. The fourth-order valence-electron chi connectivity index (χ4n) is 2.51. The van der Waals surface area contributed by atoms with Crippen molar-refractivity contribution < 1.29 is 9.53 Å². The van der Waals surface area contributed by atoms with Crippen LogP contribution in [0.2, 0.25) is 0 Å². The number of ether oxygens (including phenoxy) is 1. The third kappa shape index (κ3) is 2.46. The number of anilines is 1. The minimum atomic E-state index is -0.328. The molecule has 0 fully saturated rings. The first-order chi connectivity index (χ1) is 9.45. The number of aryl methyl sites for hydroxylation is 2. The summed E-state index contributed by atoms with van der Waals surface area (Å²) in [6.07, 6.45) is 1.61. The summed E-state index contributed by atoms with van der Waals surface area (Å²) in [6.45, 7) is 6.24. The van der Waals surface area contributed by atoms with Gasteiger partial charge in [-0.2, -0.15) is 0 Å². The van der Waals surface area contributed by atoms with E-state index in [1.54, 1.807) is 13.1 Å². The van der Waals surface area contributed by atoms with E-state index < -0.39 is 0 Å². The number of benzene rings is 1. The zero-order chi connectivity index (χ0) is 14.9. The molecule has 1 aromatic carbocycles. The molecule has 106 valence electrons. The van der Waals surface area contributed by atoms with Gasteiger partial charge < -0.3 is 9.64 Å². The van der Waals surface area contributed by atoms with Crippen LogP contribution in [-0.4, -0.2) is 31.7 Å². The number of aromatic nitrogens is 1. The molecule has 0 spiro atoms. The van der Waals surface area contributed by atoms with Crippen LogP contribution < -0.4 is 4.90 Å². The molecule has 0 unspecified atom stereocenters. The molecule has 4 heteroatoms. The van der Waals surface area contributed by atoms with Crippen molar-refractivity contribution >= 4 is 22.6 Å². The minimum Gasteiger partial charge on any atom is -0.462 e. The molecule has 0 radical (unpaired) electrons. The largest absolute Gasteiger partial charge is 0.462 e. The van der Waals surface area contributed by atoms with E-state index >= 15 is 0 Å². The molecule has 0 N–H and O–H groups in total. The molecule has 1 heterocycles. The van der Waals surface area contributed by atoms with E-state index in [1.807, 2.05) is 38.9 Å². The Balaban J connectivity index is 2.79. The number of pyridine rings is 1. The second-order valence-electron chi connectivity index (χ2n) is 5.11. The van der Waals surface area contributed by atoms with Gasteiger partial charge in [-0.3, -0.25) is 4.98 Å². The molecule has 0 aliphatic rings. The van der Waals surface area contributed by atoms with Gasteiger partial charge in [0.25, 0.3) is 0 Å². The molecule has 0 aliphatic heterocycles. The van der Waals surface area contributed by atoms with E-state index in [0.717, 1.165) is 27.7 Å². The van der Waals surface area contributed by atoms with E-state index in [1.165, 1.54) is 0 Å². The van der Waals surface area contributed by atoms with Crippen molar-refractivity contribution in [2.75, 3.05) is 25.6 Å². The van der Waals surface area contributed by atoms with Gasteiger partial charge in [-0.15, -0.1) is 0 Å². The van der Waals surface area contributed by atoms with Crippen LogP contribution in [0.5, 0.6) is 0 Å². The van der Waals surface area contributed by atoms with Crippen molar-refractivity contribution in [1.29, 1.82) is 0 Å². The number of hydrogen-bond acceptors (Lipinski definition) is 4. The van der Waals surface area contributed by atoms with Crippen LogP contribution in [0.1, 0.15) is 28.4 Å². The number of nitrogens with zero attached hydrogens (tertiary/aromatic N) is 2. The first-order valence-electron chi connectivity index (χ1n) is 6.70. The third-order valence-electron chi connectivity index (χ3n) is 3.23. The normalized spacial score (nSPS) is 10.7. The smallest absolute Gasteiger partial charge is 0.341 e. The van der Waals surface area contributed by atoms with Gasteiger partial charge in [-0.25, -0.2) is 4.79 Å². The summed E-state index contributed by atoms with van der Waals surface area (Å²) >= 11 is 0. The lowest BCUT2D eigenvalue weighted by Crippen LogP contribution is -2.17. The van der Waals surface area contributed by atoms with Gasteiger partial charge >= 0.3 is 5.97 Å². The number of fused-ring (bicyclic) bond motifs is 1. The molecule has 20 heavy (non-hydrogen) atoms. The average molecular weight is 272 g/mol.